The van der Waals surface area contributed by atoms with Gasteiger partial charge in [-0.15, -0.1) is 0 Å². The molecule has 2 heteroatoms. The van der Waals surface area contributed by atoms with Crippen LogP contribution in [0.1, 0.15) is 72.1 Å². The number of carbonyl (C=O) groups excluding carboxylic acids is 1. The van der Waals surface area contributed by atoms with E-state index in [0.29, 0.717) is 13.0 Å². The van der Waals surface area contributed by atoms with E-state index in [4.69, 9.17) is 4.74 Å². The van der Waals surface area contributed by atoms with E-state index in [2.05, 4.69) is 20.8 Å². The van der Waals surface area contributed by atoms with Crippen molar-refractivity contribution in [3.8, 4) is 0 Å². The molecule has 0 rings (SSSR count). The minimum atomic E-state index is -0.0164. The molecule has 0 aliphatic heterocycles. The van der Waals surface area contributed by atoms with Gasteiger partial charge in [0.05, 0.1) is 6.61 Å². The summed E-state index contributed by atoms with van der Waals surface area (Å²) in [6.45, 7) is 7.21. The lowest BCUT2D eigenvalue weighted by atomic mass is 10.0. The summed E-state index contributed by atoms with van der Waals surface area (Å²) in [6.07, 6.45) is 8.68. The van der Waals surface area contributed by atoms with E-state index in [1.54, 1.807) is 0 Å². The summed E-state index contributed by atoms with van der Waals surface area (Å²) in [4.78, 5) is 11.2. The van der Waals surface area contributed by atoms with Crippen LogP contribution in [0.4, 0.5) is 0 Å². The highest BCUT2D eigenvalue weighted by atomic mass is 16.5. The van der Waals surface area contributed by atoms with E-state index < -0.39 is 0 Å². The van der Waals surface area contributed by atoms with Crippen molar-refractivity contribution >= 4 is 5.97 Å². The Balaban J connectivity index is 3.15. The number of carbonyl (C=O) groups is 1. The number of ether oxygens (including phenoxy) is 1. The predicted molar refractivity (Wildman–Crippen MR) is 68.4 cm³/mol. The third-order valence-electron chi connectivity index (χ3n) is 2.67. The van der Waals surface area contributed by atoms with Crippen LogP contribution in [0.25, 0.3) is 0 Å². The van der Waals surface area contributed by atoms with Gasteiger partial charge in [0.15, 0.2) is 0 Å². The summed E-state index contributed by atoms with van der Waals surface area (Å²) >= 11 is 0. The lowest BCUT2D eigenvalue weighted by molar-refractivity contribution is -0.143. The zero-order chi connectivity index (χ0) is 12.2. The van der Waals surface area contributed by atoms with Gasteiger partial charge in [-0.3, -0.25) is 4.79 Å². The Morgan fingerprint density at radius 1 is 1.06 bits per heavy atom. The molecule has 0 radical (unpaired) electrons. The smallest absolute Gasteiger partial charge is 0.305 e. The van der Waals surface area contributed by atoms with Crippen LogP contribution in [-0.2, 0) is 9.53 Å². The van der Waals surface area contributed by atoms with Gasteiger partial charge in [-0.05, 0) is 18.8 Å². The summed E-state index contributed by atoms with van der Waals surface area (Å²) in [5, 5.41) is 0. The first-order chi connectivity index (χ1) is 7.66. The van der Waals surface area contributed by atoms with Crippen molar-refractivity contribution in [2.75, 3.05) is 6.61 Å². The van der Waals surface area contributed by atoms with Gasteiger partial charge in [-0.25, -0.2) is 0 Å². The molecule has 0 bridgehead atoms. The van der Waals surface area contributed by atoms with Gasteiger partial charge in [-0.2, -0.15) is 0 Å². The molecule has 0 atom stereocenters. The molecule has 0 aliphatic rings. The number of esters is 1. The first kappa shape index (κ1) is 15.5. The molecule has 0 N–H and O–H groups in total. The van der Waals surface area contributed by atoms with Crippen molar-refractivity contribution in [2.24, 2.45) is 5.92 Å². The van der Waals surface area contributed by atoms with Crippen LogP contribution in [0.15, 0.2) is 0 Å². The van der Waals surface area contributed by atoms with Crippen molar-refractivity contribution in [3.05, 3.63) is 0 Å². The molecular weight excluding hydrogens is 200 g/mol. The molecule has 0 heterocycles. The Kier molecular flexibility index (Phi) is 10.6. The fraction of sp³-hybridized carbons (Fsp3) is 0.929. The molecule has 0 unspecified atom stereocenters. The molecule has 0 fully saturated rings. The maximum absolute atomic E-state index is 11.2. The predicted octanol–water partition coefficient (Wildman–Crippen LogP) is 4.33. The zero-order valence-corrected chi connectivity index (χ0v) is 11.3. The lowest BCUT2D eigenvalue weighted by Gasteiger charge is -2.05. The second-order valence-electron chi connectivity index (χ2n) is 4.92. The first-order valence-corrected chi connectivity index (χ1v) is 6.82. The van der Waals surface area contributed by atoms with Crippen molar-refractivity contribution in [3.63, 3.8) is 0 Å². The van der Waals surface area contributed by atoms with Crippen LogP contribution in [0.5, 0.6) is 0 Å². The molecule has 0 aromatic carbocycles. The van der Waals surface area contributed by atoms with Gasteiger partial charge >= 0.3 is 5.97 Å². The summed E-state index contributed by atoms with van der Waals surface area (Å²) in [5.74, 6) is 0.788. The highest BCUT2D eigenvalue weighted by Gasteiger charge is 2.02. The highest BCUT2D eigenvalue weighted by Crippen LogP contribution is 2.10. The molecule has 0 aliphatic carbocycles. The Bertz CT molecular complexity index is 164. The first-order valence-electron chi connectivity index (χ1n) is 6.82. The summed E-state index contributed by atoms with van der Waals surface area (Å²) in [5.41, 5.74) is 0. The molecule has 0 aromatic rings. The van der Waals surface area contributed by atoms with Crippen molar-refractivity contribution in [2.45, 2.75) is 72.1 Å². The summed E-state index contributed by atoms with van der Waals surface area (Å²) in [6, 6.07) is 0. The normalized spacial score (nSPS) is 10.8. The zero-order valence-electron chi connectivity index (χ0n) is 11.3. The monoisotopic (exact) mass is 228 g/mol. The summed E-state index contributed by atoms with van der Waals surface area (Å²) < 4.78 is 5.09. The fourth-order valence-electron chi connectivity index (χ4n) is 1.58. The quantitative estimate of drug-likeness (QED) is 0.411. The van der Waals surface area contributed by atoms with Gasteiger partial charge in [0, 0.05) is 6.42 Å². The van der Waals surface area contributed by atoms with Crippen LogP contribution in [0.2, 0.25) is 0 Å². The second kappa shape index (κ2) is 11.0. The molecule has 0 saturated carbocycles. The molecular formula is C14H28O2. The third kappa shape index (κ3) is 11.5. The Labute approximate surface area is 101 Å². The molecule has 0 aromatic heterocycles. The van der Waals surface area contributed by atoms with Crippen molar-refractivity contribution < 1.29 is 9.53 Å². The van der Waals surface area contributed by atoms with Crippen molar-refractivity contribution in [1.29, 1.82) is 0 Å². The van der Waals surface area contributed by atoms with Crippen LogP contribution in [0, 0.1) is 5.92 Å². The highest BCUT2D eigenvalue weighted by molar-refractivity contribution is 5.69. The maximum atomic E-state index is 11.2. The largest absolute Gasteiger partial charge is 0.466 e. The van der Waals surface area contributed by atoms with Gasteiger partial charge in [-0.1, -0.05) is 52.9 Å². The van der Waals surface area contributed by atoms with E-state index >= 15 is 0 Å². The van der Waals surface area contributed by atoms with Gasteiger partial charge in [0.25, 0.3) is 0 Å². The van der Waals surface area contributed by atoms with Crippen LogP contribution < -0.4 is 0 Å². The van der Waals surface area contributed by atoms with E-state index in [0.717, 1.165) is 31.6 Å². The number of rotatable bonds is 10. The average molecular weight is 228 g/mol. The fourth-order valence-corrected chi connectivity index (χ4v) is 1.58. The Morgan fingerprint density at radius 3 is 2.38 bits per heavy atom. The van der Waals surface area contributed by atoms with Crippen LogP contribution >= 0.6 is 0 Å². The molecule has 96 valence electrons. The maximum Gasteiger partial charge on any atom is 0.305 e. The number of hydrogen-bond acceptors (Lipinski definition) is 2. The topological polar surface area (TPSA) is 26.3 Å². The Hall–Kier alpha value is -0.530. The molecule has 0 amide bonds. The minimum Gasteiger partial charge on any atom is -0.466 e. The molecule has 0 saturated heterocycles. The number of hydrogen-bond donors (Lipinski definition) is 0. The van der Waals surface area contributed by atoms with Gasteiger partial charge < -0.3 is 4.74 Å². The average Bonchev–Trinajstić information content (AvgIpc) is 2.23. The number of unbranched alkanes of at least 4 members (excludes halogenated alkanes) is 4. The van der Waals surface area contributed by atoms with Crippen molar-refractivity contribution in [1.82, 2.24) is 0 Å². The molecule has 2 nitrogen and oxygen atoms in total. The van der Waals surface area contributed by atoms with Crippen LogP contribution in [0.3, 0.4) is 0 Å². The van der Waals surface area contributed by atoms with E-state index in [1.165, 1.54) is 19.3 Å². The van der Waals surface area contributed by atoms with E-state index in [9.17, 15) is 4.79 Å². The molecule has 16 heavy (non-hydrogen) atoms. The lowest BCUT2D eigenvalue weighted by Crippen LogP contribution is -2.05. The third-order valence-corrected chi connectivity index (χ3v) is 2.67. The van der Waals surface area contributed by atoms with Crippen LogP contribution in [-0.4, -0.2) is 12.6 Å². The minimum absolute atomic E-state index is 0.0164. The summed E-state index contributed by atoms with van der Waals surface area (Å²) in [7, 11) is 0. The second-order valence-corrected chi connectivity index (χ2v) is 4.92. The van der Waals surface area contributed by atoms with E-state index in [-0.39, 0.29) is 5.97 Å². The standard InChI is InChI=1S/C14H28O2/c1-4-5-12-16-14(15)11-9-7-6-8-10-13(2)3/h13H,4-12H2,1-3H3. The Morgan fingerprint density at radius 2 is 1.75 bits per heavy atom. The SMILES string of the molecule is CCCCOC(=O)CCCCCCC(C)C. The molecule has 0 spiro atoms. The van der Waals surface area contributed by atoms with Gasteiger partial charge in [0.1, 0.15) is 0 Å². The van der Waals surface area contributed by atoms with E-state index in [1.807, 2.05) is 0 Å². The van der Waals surface area contributed by atoms with Gasteiger partial charge in [0.2, 0.25) is 0 Å².